The van der Waals surface area contributed by atoms with Gasteiger partial charge in [0.25, 0.3) is 0 Å². The number of nitrogens with zero attached hydrogens (tertiary/aromatic N) is 7. The second kappa shape index (κ2) is 12.1. The summed E-state index contributed by atoms with van der Waals surface area (Å²) in [5.74, 6) is 2.37. The molecule has 10 nitrogen and oxygen atoms in total. The van der Waals surface area contributed by atoms with Crippen molar-refractivity contribution in [1.82, 2.24) is 29.4 Å². The van der Waals surface area contributed by atoms with Gasteiger partial charge >= 0.3 is 6.09 Å². The molecule has 0 atom stereocenters. The van der Waals surface area contributed by atoms with Crippen molar-refractivity contribution in [2.75, 3.05) is 44.3 Å². The minimum atomic E-state index is -0.265. The minimum absolute atomic E-state index is 0.265. The minimum Gasteiger partial charge on any atom is -0.445 e. The Hall–Kier alpha value is -4.35. The molecule has 2 fully saturated rings. The summed E-state index contributed by atoms with van der Waals surface area (Å²) in [4.78, 5) is 37.5. The Bertz CT molecular complexity index is 1780. The Morgan fingerprint density at radius 3 is 2.51 bits per heavy atom. The summed E-state index contributed by atoms with van der Waals surface area (Å²) < 4.78 is 13.2. The van der Waals surface area contributed by atoms with E-state index in [1.165, 1.54) is 5.57 Å². The van der Waals surface area contributed by atoms with Crippen LogP contribution in [0.4, 0.5) is 10.6 Å². The van der Waals surface area contributed by atoms with Crippen molar-refractivity contribution in [3.63, 3.8) is 0 Å². The maximum absolute atomic E-state index is 12.6. The number of hydrogen-bond acceptors (Lipinski definition) is 9. The molecule has 2 aromatic carbocycles. The van der Waals surface area contributed by atoms with E-state index in [0.717, 1.165) is 75.9 Å². The number of ether oxygens (including phenoxy) is 2. The molecule has 2 aliphatic rings. The molecule has 5 heterocycles. The number of fused-ring (bicyclic) bond motifs is 2. The van der Waals surface area contributed by atoms with Crippen LogP contribution >= 0.6 is 11.3 Å². The fourth-order valence-electron chi connectivity index (χ4n) is 5.61. The predicted octanol–water partition coefficient (Wildman–Crippen LogP) is 5.64. The summed E-state index contributed by atoms with van der Waals surface area (Å²) in [6.45, 7) is 6.45. The van der Waals surface area contributed by atoms with Crippen molar-refractivity contribution >= 4 is 50.7 Å². The van der Waals surface area contributed by atoms with Crippen molar-refractivity contribution in [2.24, 2.45) is 0 Å². The van der Waals surface area contributed by atoms with E-state index in [2.05, 4.69) is 28.5 Å². The van der Waals surface area contributed by atoms with E-state index in [0.29, 0.717) is 32.3 Å². The lowest BCUT2D eigenvalue weighted by Crippen LogP contribution is -2.37. The van der Waals surface area contributed by atoms with Gasteiger partial charge < -0.3 is 19.3 Å². The number of thiazole rings is 1. The maximum atomic E-state index is 12.6. The first kappa shape index (κ1) is 27.5. The van der Waals surface area contributed by atoms with Crippen molar-refractivity contribution in [1.29, 1.82) is 0 Å². The molecule has 43 heavy (non-hydrogen) atoms. The highest BCUT2D eigenvalue weighted by atomic mass is 32.1. The Morgan fingerprint density at radius 2 is 1.72 bits per heavy atom. The van der Waals surface area contributed by atoms with Crippen LogP contribution in [-0.4, -0.2) is 74.9 Å². The lowest BCUT2D eigenvalue weighted by molar-refractivity contribution is 0.0936. The number of imidazole rings is 1. The molecule has 3 aromatic heterocycles. The number of carbonyl (C=O) groups excluding carboxylic acids is 1. The summed E-state index contributed by atoms with van der Waals surface area (Å²) in [7, 11) is 0. The van der Waals surface area contributed by atoms with Gasteiger partial charge in [0, 0.05) is 32.6 Å². The maximum Gasteiger partial charge on any atom is 0.410 e. The van der Waals surface area contributed by atoms with Gasteiger partial charge in [0.2, 0.25) is 5.95 Å². The number of carbonyl (C=O) groups is 1. The quantitative estimate of drug-likeness (QED) is 0.249. The average Bonchev–Trinajstić information content (AvgIpc) is 3.65. The van der Waals surface area contributed by atoms with Crippen molar-refractivity contribution in [3.05, 3.63) is 76.6 Å². The van der Waals surface area contributed by atoms with Gasteiger partial charge in [0.15, 0.2) is 10.6 Å². The van der Waals surface area contributed by atoms with Crippen LogP contribution in [0.5, 0.6) is 0 Å². The highest BCUT2D eigenvalue weighted by Gasteiger charge is 2.24. The predicted molar refractivity (Wildman–Crippen MR) is 168 cm³/mol. The lowest BCUT2D eigenvalue weighted by Gasteiger charge is -2.28. The number of likely N-dealkylation sites (tertiary alicyclic amines) is 1. The lowest BCUT2D eigenvalue weighted by atomic mass is 10.0. The van der Waals surface area contributed by atoms with Crippen LogP contribution in [-0.2, 0) is 22.5 Å². The summed E-state index contributed by atoms with van der Waals surface area (Å²) >= 11 is 1.58. The summed E-state index contributed by atoms with van der Waals surface area (Å²) in [6.07, 6.45) is 4.22. The van der Waals surface area contributed by atoms with E-state index in [1.807, 2.05) is 48.5 Å². The number of amides is 1. The molecule has 0 unspecified atom stereocenters. The van der Waals surface area contributed by atoms with Crippen molar-refractivity contribution in [2.45, 2.75) is 32.8 Å². The molecule has 2 saturated heterocycles. The third-order valence-corrected chi connectivity index (χ3v) is 8.80. The fourth-order valence-corrected chi connectivity index (χ4v) is 6.53. The number of hydrogen-bond donors (Lipinski definition) is 0. The number of piperidine rings is 1. The molecule has 0 saturated carbocycles. The van der Waals surface area contributed by atoms with E-state index in [-0.39, 0.29) is 12.7 Å². The van der Waals surface area contributed by atoms with Gasteiger partial charge in [-0.2, -0.15) is 9.97 Å². The highest BCUT2D eigenvalue weighted by molar-refractivity contribution is 7.19. The highest BCUT2D eigenvalue weighted by Crippen LogP contribution is 2.33. The molecule has 5 aromatic rings. The van der Waals surface area contributed by atoms with Gasteiger partial charge in [0.05, 0.1) is 24.2 Å². The smallest absolute Gasteiger partial charge is 0.410 e. The standard InChI is InChI=1S/C32H33N7O3S/c1-2-26-33-24-10-6-7-11-25(24)39(26)31-35-29(37-16-18-41-19-17-37)28-30(36-31)43-27(34-28)20-22-12-14-38(15-13-22)32(40)42-21-23-8-4-3-5-9-23/h3-11,20H,2,12-19,21H2,1H3. The Labute approximate surface area is 253 Å². The Kier molecular flexibility index (Phi) is 7.73. The molecule has 0 spiro atoms. The molecule has 220 valence electrons. The van der Waals surface area contributed by atoms with Crippen LogP contribution < -0.4 is 4.90 Å². The van der Waals surface area contributed by atoms with E-state index in [1.54, 1.807) is 16.2 Å². The van der Waals surface area contributed by atoms with Crippen LogP contribution in [0.2, 0.25) is 0 Å². The van der Waals surface area contributed by atoms with E-state index >= 15 is 0 Å². The SMILES string of the molecule is CCc1nc2ccccc2n1-c1nc(N2CCOCC2)c2nc(C=C3CCN(C(=O)OCc4ccccc4)CC3)sc2n1. The fraction of sp³-hybridized carbons (Fsp3) is 0.344. The molecule has 7 rings (SSSR count). The zero-order valence-corrected chi connectivity index (χ0v) is 24.9. The molecule has 11 heteroatoms. The van der Waals surface area contributed by atoms with Gasteiger partial charge in [0.1, 0.15) is 23.0 Å². The van der Waals surface area contributed by atoms with E-state index < -0.39 is 0 Å². The first-order valence-electron chi connectivity index (χ1n) is 14.8. The first-order valence-corrected chi connectivity index (χ1v) is 15.6. The van der Waals surface area contributed by atoms with Crippen molar-refractivity contribution in [3.8, 4) is 5.95 Å². The van der Waals surface area contributed by atoms with Crippen LogP contribution in [0, 0.1) is 0 Å². The van der Waals surface area contributed by atoms with Gasteiger partial charge in [-0.05, 0) is 36.6 Å². The van der Waals surface area contributed by atoms with E-state index in [4.69, 9.17) is 29.4 Å². The molecular weight excluding hydrogens is 562 g/mol. The van der Waals surface area contributed by atoms with Gasteiger partial charge in [-0.25, -0.2) is 14.8 Å². The van der Waals surface area contributed by atoms with Crippen LogP contribution in [0.3, 0.4) is 0 Å². The van der Waals surface area contributed by atoms with Gasteiger partial charge in [-0.1, -0.05) is 66.3 Å². The molecule has 0 N–H and O–H groups in total. The monoisotopic (exact) mass is 595 g/mol. The van der Waals surface area contributed by atoms with Gasteiger partial charge in [-0.3, -0.25) is 4.57 Å². The van der Waals surface area contributed by atoms with Crippen LogP contribution in [0.1, 0.15) is 36.2 Å². The van der Waals surface area contributed by atoms with Crippen LogP contribution in [0.25, 0.3) is 33.4 Å². The first-order chi connectivity index (χ1) is 21.2. The largest absolute Gasteiger partial charge is 0.445 e. The Balaban J connectivity index is 1.15. The number of benzene rings is 2. The number of rotatable bonds is 6. The Morgan fingerprint density at radius 1 is 0.953 bits per heavy atom. The van der Waals surface area contributed by atoms with Crippen molar-refractivity contribution < 1.29 is 14.3 Å². The second-order valence-corrected chi connectivity index (χ2v) is 11.7. The molecule has 1 amide bonds. The van der Waals surface area contributed by atoms with E-state index in [9.17, 15) is 4.79 Å². The summed E-state index contributed by atoms with van der Waals surface area (Å²) in [6, 6.07) is 17.9. The third kappa shape index (κ3) is 5.70. The molecule has 2 aliphatic heterocycles. The molecule has 0 bridgehead atoms. The number of aromatic nitrogens is 5. The second-order valence-electron chi connectivity index (χ2n) is 10.7. The molecule has 0 radical (unpaired) electrons. The zero-order valence-electron chi connectivity index (χ0n) is 24.1. The number of anilines is 1. The molecular formula is C32H33N7O3S. The summed E-state index contributed by atoms with van der Waals surface area (Å²) in [5, 5.41) is 0.900. The average molecular weight is 596 g/mol. The molecule has 0 aliphatic carbocycles. The zero-order chi connectivity index (χ0) is 29.2. The number of morpholine rings is 1. The topological polar surface area (TPSA) is 98.5 Å². The summed E-state index contributed by atoms with van der Waals surface area (Å²) in [5.41, 5.74) is 4.99. The number of aryl methyl sites for hydroxylation is 1. The normalized spacial score (nSPS) is 15.8. The third-order valence-electron chi connectivity index (χ3n) is 7.90. The number of para-hydroxylation sites is 2. The van der Waals surface area contributed by atoms with Crippen LogP contribution in [0.15, 0.2) is 60.2 Å². The van der Waals surface area contributed by atoms with Gasteiger partial charge in [-0.15, -0.1) is 0 Å².